The van der Waals surface area contributed by atoms with Crippen molar-refractivity contribution < 1.29 is 19.4 Å². The Labute approximate surface area is 220 Å². The maximum atomic E-state index is 12.9. The average molecular weight is 513 g/mol. The van der Waals surface area contributed by atoms with Crippen molar-refractivity contribution in [1.82, 2.24) is 15.2 Å². The number of carboxylic acids is 1. The first kappa shape index (κ1) is 26.4. The minimum absolute atomic E-state index is 0.0504. The van der Waals surface area contributed by atoms with Gasteiger partial charge in [-0.2, -0.15) is 0 Å². The minimum Gasteiger partial charge on any atom is -0.480 e. The Morgan fingerprint density at radius 3 is 2.86 bits per heavy atom. The summed E-state index contributed by atoms with van der Waals surface area (Å²) in [6.45, 7) is 4.44. The molecular weight excluding hydrogens is 468 g/mol. The van der Waals surface area contributed by atoms with Crippen LogP contribution in [0.2, 0.25) is 0 Å². The second-order valence-corrected chi connectivity index (χ2v) is 11.8. The summed E-state index contributed by atoms with van der Waals surface area (Å²) in [4.78, 5) is 32.0. The topological polar surface area (TPSA) is 104 Å². The van der Waals surface area contributed by atoms with Crippen LogP contribution in [0.1, 0.15) is 81.9 Å². The molecule has 0 aromatic carbocycles. The predicted molar refractivity (Wildman–Crippen MR) is 143 cm³/mol. The number of aliphatic carboxylic acids is 1. The number of piperidine rings is 1. The van der Waals surface area contributed by atoms with Gasteiger partial charge in [-0.15, -0.1) is 0 Å². The maximum Gasteiger partial charge on any atom is 0.326 e. The van der Waals surface area contributed by atoms with Crippen molar-refractivity contribution in [3.63, 3.8) is 0 Å². The number of fused-ring (bicyclic) bond motifs is 3. The number of aromatic nitrogens is 1. The number of carbonyl (C=O) groups excluding carboxylic acids is 1. The first-order valence-electron chi connectivity index (χ1n) is 14.6. The number of hydrogen-bond donors (Lipinski definition) is 3. The van der Waals surface area contributed by atoms with Gasteiger partial charge in [-0.25, -0.2) is 9.78 Å². The van der Waals surface area contributed by atoms with E-state index in [1.54, 1.807) is 0 Å². The summed E-state index contributed by atoms with van der Waals surface area (Å²) in [5.74, 6) is 0.722. The molecule has 8 heteroatoms. The Hall–Kier alpha value is -2.19. The number of nitrogens with one attached hydrogen (secondary N) is 2. The number of pyridine rings is 1. The number of aryl methyl sites for hydroxylation is 2. The number of likely N-dealkylation sites (tertiary alicyclic amines) is 1. The predicted octanol–water partition coefficient (Wildman–Crippen LogP) is 3.78. The van der Waals surface area contributed by atoms with Gasteiger partial charge >= 0.3 is 5.97 Å². The number of amides is 1. The van der Waals surface area contributed by atoms with Crippen LogP contribution in [-0.2, 0) is 27.2 Å². The van der Waals surface area contributed by atoms with Gasteiger partial charge < -0.3 is 25.4 Å². The number of anilines is 1. The quantitative estimate of drug-likeness (QED) is 0.366. The second kappa shape index (κ2) is 12.1. The molecule has 2 aliphatic heterocycles. The lowest BCUT2D eigenvalue weighted by atomic mass is 9.83. The first-order chi connectivity index (χ1) is 18.0. The molecular formula is C29H44N4O4. The zero-order chi connectivity index (χ0) is 25.7. The van der Waals surface area contributed by atoms with Crippen molar-refractivity contribution in [2.24, 2.45) is 11.3 Å². The lowest BCUT2D eigenvalue weighted by molar-refractivity contribution is -0.144. The summed E-state index contributed by atoms with van der Waals surface area (Å²) >= 11 is 0. The summed E-state index contributed by atoms with van der Waals surface area (Å²) in [5, 5.41) is 16.0. The molecule has 3 fully saturated rings. The fraction of sp³-hybridized carbons (Fsp3) is 0.759. The fourth-order valence-electron chi connectivity index (χ4n) is 6.93. The van der Waals surface area contributed by atoms with Gasteiger partial charge in [-0.05, 0) is 108 Å². The van der Waals surface area contributed by atoms with Crippen molar-refractivity contribution in [1.29, 1.82) is 0 Å². The van der Waals surface area contributed by atoms with E-state index < -0.39 is 12.0 Å². The highest BCUT2D eigenvalue weighted by atomic mass is 16.5. The third-order valence-corrected chi connectivity index (χ3v) is 9.16. The molecule has 1 saturated heterocycles. The van der Waals surface area contributed by atoms with Crippen LogP contribution in [0.15, 0.2) is 12.1 Å². The molecule has 2 saturated carbocycles. The van der Waals surface area contributed by atoms with E-state index in [4.69, 9.17) is 9.72 Å². The molecule has 4 aliphatic rings. The second-order valence-electron chi connectivity index (χ2n) is 11.8. The minimum atomic E-state index is -0.963. The summed E-state index contributed by atoms with van der Waals surface area (Å²) in [7, 11) is 0. The number of carbonyl (C=O) groups is 2. The lowest BCUT2D eigenvalue weighted by Crippen LogP contribution is -2.48. The number of carboxylic acid groups (broad SMARTS) is 1. The lowest BCUT2D eigenvalue weighted by Gasteiger charge is -2.33. The average Bonchev–Trinajstić information content (AvgIpc) is 3.54. The largest absolute Gasteiger partial charge is 0.480 e. The van der Waals surface area contributed by atoms with Crippen LogP contribution in [0.5, 0.6) is 0 Å². The molecule has 2 aliphatic carbocycles. The number of unbranched alkanes of at least 4 members (excludes halogenated alkanes) is 1. The van der Waals surface area contributed by atoms with Gasteiger partial charge in [0.15, 0.2) is 0 Å². The highest BCUT2D eigenvalue weighted by molar-refractivity contribution is 5.88. The Bertz CT molecular complexity index is 946. The van der Waals surface area contributed by atoms with Crippen LogP contribution in [0, 0.1) is 11.3 Å². The third kappa shape index (κ3) is 6.63. The molecule has 3 N–H and O–H groups in total. The monoisotopic (exact) mass is 512 g/mol. The molecule has 8 nitrogen and oxygen atoms in total. The van der Waals surface area contributed by atoms with E-state index in [9.17, 15) is 14.7 Å². The van der Waals surface area contributed by atoms with E-state index in [1.165, 1.54) is 17.7 Å². The normalized spacial score (nSPS) is 27.9. The molecule has 2 atom stereocenters. The van der Waals surface area contributed by atoms with E-state index in [0.717, 1.165) is 103 Å². The van der Waals surface area contributed by atoms with Crippen LogP contribution in [0.25, 0.3) is 0 Å². The van der Waals surface area contributed by atoms with E-state index in [-0.39, 0.29) is 17.4 Å². The van der Waals surface area contributed by atoms with E-state index in [1.807, 2.05) is 0 Å². The highest BCUT2D eigenvalue weighted by Crippen LogP contribution is 2.54. The first-order valence-corrected chi connectivity index (χ1v) is 14.6. The number of nitrogens with zero attached hydrogens (tertiary/aromatic N) is 2. The molecule has 5 rings (SSSR count). The molecule has 1 aromatic rings. The van der Waals surface area contributed by atoms with Crippen LogP contribution >= 0.6 is 0 Å². The third-order valence-electron chi connectivity index (χ3n) is 9.16. The van der Waals surface area contributed by atoms with Gasteiger partial charge in [0.1, 0.15) is 11.9 Å². The van der Waals surface area contributed by atoms with E-state index >= 15 is 0 Å². The Morgan fingerprint density at radius 1 is 1.22 bits per heavy atom. The molecule has 37 heavy (non-hydrogen) atoms. The van der Waals surface area contributed by atoms with Crippen LogP contribution < -0.4 is 10.6 Å². The van der Waals surface area contributed by atoms with Gasteiger partial charge in [0.25, 0.3) is 0 Å². The summed E-state index contributed by atoms with van der Waals surface area (Å²) in [5.41, 5.74) is 2.20. The van der Waals surface area contributed by atoms with Gasteiger partial charge in [-0.1, -0.05) is 6.07 Å². The van der Waals surface area contributed by atoms with Gasteiger partial charge in [0, 0.05) is 37.2 Å². The Kier molecular flexibility index (Phi) is 8.65. The van der Waals surface area contributed by atoms with E-state index in [0.29, 0.717) is 18.9 Å². The maximum absolute atomic E-state index is 12.9. The molecule has 2 bridgehead atoms. The number of ether oxygens (including phenoxy) is 1. The van der Waals surface area contributed by atoms with Crippen LogP contribution in [0.3, 0.4) is 0 Å². The van der Waals surface area contributed by atoms with Gasteiger partial charge in [0.05, 0.1) is 6.10 Å². The molecule has 2 unspecified atom stereocenters. The van der Waals surface area contributed by atoms with E-state index in [2.05, 4.69) is 27.7 Å². The summed E-state index contributed by atoms with van der Waals surface area (Å²) in [6.07, 6.45) is 13.1. The zero-order valence-electron chi connectivity index (χ0n) is 22.2. The molecule has 204 valence electrons. The molecule has 0 spiro atoms. The Balaban J connectivity index is 0.993. The van der Waals surface area contributed by atoms with Gasteiger partial charge in [0.2, 0.25) is 5.91 Å². The number of rotatable bonds is 12. The van der Waals surface area contributed by atoms with Crippen molar-refractivity contribution in [2.75, 3.05) is 38.1 Å². The van der Waals surface area contributed by atoms with Crippen molar-refractivity contribution in [2.45, 2.75) is 95.6 Å². The Morgan fingerprint density at radius 2 is 2.08 bits per heavy atom. The molecule has 0 radical (unpaired) electrons. The number of hydrogen-bond acceptors (Lipinski definition) is 6. The highest BCUT2D eigenvalue weighted by Gasteiger charge is 2.50. The van der Waals surface area contributed by atoms with Crippen LogP contribution in [0.4, 0.5) is 5.82 Å². The SMILES string of the molecule is O=C(O)C(CCOC1CCCN(CCCCc2ccc3c(n2)NCCC3)C1)NC(=O)C12CCC(CC1)C2. The standard InChI is InChI=1S/C29H44N4O4/c34-27(35)25(32-28(36)29-13-10-21(19-29)11-14-29)12-18-37-24-7-4-17-33(20-24)16-2-1-6-23-9-8-22-5-3-15-30-26(22)31-23/h8-9,21,24-25H,1-7,10-20H2,(H,30,31)(H,32,36)(H,34,35). The molecule has 3 heterocycles. The van der Waals surface area contributed by atoms with Gasteiger partial charge in [-0.3, -0.25) is 4.79 Å². The molecule has 1 amide bonds. The summed E-state index contributed by atoms with van der Waals surface area (Å²) < 4.78 is 6.12. The van der Waals surface area contributed by atoms with Crippen molar-refractivity contribution >= 4 is 17.7 Å². The zero-order valence-corrected chi connectivity index (χ0v) is 22.2. The molecule has 1 aromatic heterocycles. The van der Waals surface area contributed by atoms with Crippen LogP contribution in [-0.4, -0.2) is 71.8 Å². The van der Waals surface area contributed by atoms with Crippen molar-refractivity contribution in [3.8, 4) is 0 Å². The fourth-order valence-corrected chi connectivity index (χ4v) is 6.93. The summed E-state index contributed by atoms with van der Waals surface area (Å²) in [6, 6.07) is 3.55. The smallest absolute Gasteiger partial charge is 0.326 e. The van der Waals surface area contributed by atoms with Crippen molar-refractivity contribution in [3.05, 3.63) is 23.4 Å².